The van der Waals surface area contributed by atoms with Crippen molar-refractivity contribution in [1.29, 1.82) is 0 Å². The summed E-state index contributed by atoms with van der Waals surface area (Å²) in [6.45, 7) is 9.12. The van der Waals surface area contributed by atoms with Gasteiger partial charge in [-0.2, -0.15) is 0 Å². The normalized spacial score (nSPS) is 34.5. The minimum Gasteiger partial charge on any atom is -0.390 e. The predicted molar refractivity (Wildman–Crippen MR) is 61.3 cm³/mol. The van der Waals surface area contributed by atoms with Crippen LogP contribution < -0.4 is 0 Å². The highest BCUT2D eigenvalue weighted by molar-refractivity contribution is 4.89. The summed E-state index contributed by atoms with van der Waals surface area (Å²) in [4.78, 5) is 0. The van der Waals surface area contributed by atoms with Crippen molar-refractivity contribution in [2.45, 2.75) is 71.8 Å². The molecule has 14 heavy (non-hydrogen) atoms. The highest BCUT2D eigenvalue weighted by atomic mass is 16.3. The van der Waals surface area contributed by atoms with Gasteiger partial charge in [-0.05, 0) is 43.4 Å². The van der Waals surface area contributed by atoms with Crippen LogP contribution in [-0.2, 0) is 0 Å². The first-order valence-corrected chi connectivity index (χ1v) is 6.16. The first-order chi connectivity index (χ1) is 6.43. The molecule has 0 atom stereocenters. The average Bonchev–Trinajstić information content (AvgIpc) is 2.19. The monoisotopic (exact) mass is 198 g/mol. The Bertz CT molecular complexity index is 176. The van der Waals surface area contributed by atoms with Gasteiger partial charge in [0.05, 0.1) is 5.60 Å². The second kappa shape index (κ2) is 4.22. The number of rotatable bonds is 3. The van der Waals surface area contributed by atoms with Crippen LogP contribution in [0.15, 0.2) is 0 Å². The van der Waals surface area contributed by atoms with Crippen LogP contribution in [0.25, 0.3) is 0 Å². The van der Waals surface area contributed by atoms with Crippen molar-refractivity contribution in [1.82, 2.24) is 0 Å². The first-order valence-electron chi connectivity index (χ1n) is 6.16. The summed E-state index contributed by atoms with van der Waals surface area (Å²) in [5, 5.41) is 10.1. The summed E-state index contributed by atoms with van der Waals surface area (Å²) >= 11 is 0. The van der Waals surface area contributed by atoms with Gasteiger partial charge in [0.15, 0.2) is 0 Å². The molecule has 0 radical (unpaired) electrons. The predicted octanol–water partition coefficient (Wildman–Crippen LogP) is 3.75. The molecule has 0 aromatic carbocycles. The molecule has 1 aliphatic carbocycles. The molecule has 1 nitrogen and oxygen atoms in total. The molecule has 0 heterocycles. The molecule has 0 aliphatic heterocycles. The van der Waals surface area contributed by atoms with Crippen LogP contribution in [0.3, 0.4) is 0 Å². The van der Waals surface area contributed by atoms with Crippen LogP contribution in [-0.4, -0.2) is 10.7 Å². The third kappa shape index (κ3) is 2.50. The number of hydrogen-bond donors (Lipinski definition) is 1. The average molecular weight is 198 g/mol. The molecule has 0 amide bonds. The van der Waals surface area contributed by atoms with E-state index in [0.717, 1.165) is 25.2 Å². The van der Waals surface area contributed by atoms with E-state index in [2.05, 4.69) is 27.7 Å². The summed E-state index contributed by atoms with van der Waals surface area (Å²) in [5.74, 6) is 0.819. The lowest BCUT2D eigenvalue weighted by Gasteiger charge is -2.42. The molecule has 1 aliphatic rings. The van der Waals surface area contributed by atoms with Crippen LogP contribution in [0.5, 0.6) is 0 Å². The van der Waals surface area contributed by atoms with Crippen molar-refractivity contribution >= 4 is 0 Å². The quantitative estimate of drug-likeness (QED) is 0.732. The van der Waals surface area contributed by atoms with Gasteiger partial charge in [0.1, 0.15) is 0 Å². The topological polar surface area (TPSA) is 20.2 Å². The van der Waals surface area contributed by atoms with E-state index in [4.69, 9.17) is 0 Å². The molecule has 1 fully saturated rings. The Morgan fingerprint density at radius 1 is 1.21 bits per heavy atom. The van der Waals surface area contributed by atoms with Gasteiger partial charge in [0.2, 0.25) is 0 Å². The van der Waals surface area contributed by atoms with Crippen LogP contribution in [0.2, 0.25) is 0 Å². The first kappa shape index (κ1) is 12.0. The molecule has 0 aromatic rings. The Labute approximate surface area is 88.9 Å². The van der Waals surface area contributed by atoms with Crippen molar-refractivity contribution in [3.8, 4) is 0 Å². The van der Waals surface area contributed by atoms with E-state index in [-0.39, 0.29) is 5.60 Å². The van der Waals surface area contributed by atoms with Gasteiger partial charge in [-0.15, -0.1) is 0 Å². The SMILES string of the molecule is CCC1(O)CCC(C(C)(C)CC)CC1. The van der Waals surface area contributed by atoms with Crippen LogP contribution >= 0.6 is 0 Å². The van der Waals surface area contributed by atoms with Crippen molar-refractivity contribution in [2.75, 3.05) is 0 Å². The fourth-order valence-electron chi connectivity index (χ4n) is 2.58. The van der Waals surface area contributed by atoms with Gasteiger partial charge in [-0.3, -0.25) is 0 Å². The zero-order valence-corrected chi connectivity index (χ0v) is 10.3. The van der Waals surface area contributed by atoms with Crippen molar-refractivity contribution in [3.63, 3.8) is 0 Å². The highest BCUT2D eigenvalue weighted by Gasteiger charge is 2.37. The molecule has 0 spiro atoms. The fraction of sp³-hybridized carbons (Fsp3) is 1.00. The zero-order valence-electron chi connectivity index (χ0n) is 10.3. The van der Waals surface area contributed by atoms with Gasteiger partial charge in [-0.25, -0.2) is 0 Å². The van der Waals surface area contributed by atoms with Gasteiger partial charge in [0, 0.05) is 0 Å². The van der Waals surface area contributed by atoms with Crippen LogP contribution in [0.1, 0.15) is 66.2 Å². The largest absolute Gasteiger partial charge is 0.390 e. The maximum absolute atomic E-state index is 10.1. The smallest absolute Gasteiger partial charge is 0.0645 e. The molecular formula is C13H26O. The highest BCUT2D eigenvalue weighted by Crippen LogP contribution is 2.44. The van der Waals surface area contributed by atoms with E-state index in [1.807, 2.05) is 0 Å². The third-order valence-corrected chi connectivity index (χ3v) is 4.59. The summed E-state index contributed by atoms with van der Waals surface area (Å²) in [5.41, 5.74) is 0.134. The second-order valence-electron chi connectivity index (χ2n) is 5.69. The minimum atomic E-state index is -0.333. The Balaban J connectivity index is 2.51. The molecule has 1 heteroatoms. The van der Waals surface area contributed by atoms with E-state index < -0.39 is 0 Å². The third-order valence-electron chi connectivity index (χ3n) is 4.59. The van der Waals surface area contributed by atoms with Crippen LogP contribution in [0.4, 0.5) is 0 Å². The van der Waals surface area contributed by atoms with Gasteiger partial charge in [0.25, 0.3) is 0 Å². The van der Waals surface area contributed by atoms with E-state index in [1.165, 1.54) is 19.3 Å². The van der Waals surface area contributed by atoms with Gasteiger partial charge in [-0.1, -0.05) is 34.1 Å². The van der Waals surface area contributed by atoms with Crippen LogP contribution in [0, 0.1) is 11.3 Å². The maximum atomic E-state index is 10.1. The fourth-order valence-corrected chi connectivity index (χ4v) is 2.58. The molecule has 0 unspecified atom stereocenters. The summed E-state index contributed by atoms with van der Waals surface area (Å²) in [6.07, 6.45) is 6.63. The van der Waals surface area contributed by atoms with Gasteiger partial charge < -0.3 is 5.11 Å². The number of hydrogen-bond acceptors (Lipinski definition) is 1. The standard InChI is InChI=1S/C13H26O/c1-5-12(3,4)11-7-9-13(14,6-2)10-8-11/h11,14H,5-10H2,1-4H3. The zero-order chi connectivity index (χ0) is 10.8. The molecule has 0 aromatic heterocycles. The Kier molecular flexibility index (Phi) is 3.63. The minimum absolute atomic E-state index is 0.333. The molecule has 0 bridgehead atoms. The van der Waals surface area contributed by atoms with E-state index in [9.17, 15) is 5.11 Å². The van der Waals surface area contributed by atoms with Gasteiger partial charge >= 0.3 is 0 Å². The number of aliphatic hydroxyl groups is 1. The molecule has 1 rings (SSSR count). The summed E-state index contributed by atoms with van der Waals surface area (Å²) in [6, 6.07) is 0. The van der Waals surface area contributed by atoms with E-state index in [0.29, 0.717) is 5.41 Å². The Hall–Kier alpha value is -0.0400. The van der Waals surface area contributed by atoms with Crippen molar-refractivity contribution < 1.29 is 5.11 Å². The molecule has 1 N–H and O–H groups in total. The summed E-state index contributed by atoms with van der Waals surface area (Å²) in [7, 11) is 0. The maximum Gasteiger partial charge on any atom is 0.0645 e. The molecule has 0 saturated heterocycles. The molecule has 84 valence electrons. The lowest BCUT2D eigenvalue weighted by molar-refractivity contribution is -0.0306. The van der Waals surface area contributed by atoms with Crippen molar-refractivity contribution in [2.24, 2.45) is 11.3 Å². The molecular weight excluding hydrogens is 172 g/mol. The lowest BCUT2D eigenvalue weighted by Crippen LogP contribution is -2.37. The lowest BCUT2D eigenvalue weighted by atomic mass is 9.66. The van der Waals surface area contributed by atoms with Crippen molar-refractivity contribution in [3.05, 3.63) is 0 Å². The Morgan fingerprint density at radius 2 is 1.71 bits per heavy atom. The Morgan fingerprint density at radius 3 is 2.07 bits per heavy atom. The second-order valence-corrected chi connectivity index (χ2v) is 5.69. The summed E-state index contributed by atoms with van der Waals surface area (Å²) < 4.78 is 0. The van der Waals surface area contributed by atoms with E-state index >= 15 is 0 Å². The molecule has 1 saturated carbocycles. The van der Waals surface area contributed by atoms with E-state index in [1.54, 1.807) is 0 Å².